The molecule has 0 amide bonds. The van der Waals surface area contributed by atoms with Crippen molar-refractivity contribution >= 4 is 23.1 Å². The first-order valence-electron chi connectivity index (χ1n) is 3.26. The zero-order valence-corrected chi connectivity index (χ0v) is 7.27. The van der Waals surface area contributed by atoms with Gasteiger partial charge in [0.25, 0.3) is 0 Å². The number of isothiocyanates is 1. The van der Waals surface area contributed by atoms with E-state index in [1.807, 2.05) is 26.0 Å². The van der Waals surface area contributed by atoms with Crippen LogP contribution in [0.4, 0.5) is 5.69 Å². The number of hydrogen-bond acceptors (Lipinski definition) is 3. The van der Waals surface area contributed by atoms with E-state index >= 15 is 0 Å². The molecule has 0 fully saturated rings. The van der Waals surface area contributed by atoms with Gasteiger partial charge in [0.15, 0.2) is 0 Å². The largest absolute Gasteiger partial charge is 0.256 e. The lowest BCUT2D eigenvalue weighted by molar-refractivity contribution is 1.12. The van der Waals surface area contributed by atoms with E-state index in [-0.39, 0.29) is 0 Å². The average molecular weight is 164 g/mol. The van der Waals surface area contributed by atoms with Crippen LogP contribution in [0.2, 0.25) is 0 Å². The number of nitrogens with zero attached hydrogens (tertiary/aromatic N) is 2. The van der Waals surface area contributed by atoms with Gasteiger partial charge in [-0.1, -0.05) is 0 Å². The van der Waals surface area contributed by atoms with Crippen LogP contribution in [-0.2, 0) is 0 Å². The van der Waals surface area contributed by atoms with E-state index in [9.17, 15) is 0 Å². The molecule has 3 heteroatoms. The second-order valence-corrected chi connectivity index (χ2v) is 2.44. The molecule has 0 saturated heterocycles. The molecule has 0 aliphatic carbocycles. The molecule has 1 aromatic rings. The van der Waals surface area contributed by atoms with Crippen molar-refractivity contribution in [2.24, 2.45) is 4.99 Å². The third-order valence-electron chi connectivity index (χ3n) is 1.36. The Kier molecular flexibility index (Phi) is 2.47. The van der Waals surface area contributed by atoms with Gasteiger partial charge in [0.05, 0.1) is 16.5 Å². The van der Waals surface area contributed by atoms with Crippen molar-refractivity contribution in [2.75, 3.05) is 0 Å². The number of thiocarbonyl (C=S) groups is 1. The fourth-order valence-corrected chi connectivity index (χ4v) is 0.945. The van der Waals surface area contributed by atoms with Crippen molar-refractivity contribution in [3.63, 3.8) is 0 Å². The minimum atomic E-state index is 0.797. The summed E-state index contributed by atoms with van der Waals surface area (Å²) >= 11 is 4.48. The van der Waals surface area contributed by atoms with Gasteiger partial charge in [0.2, 0.25) is 0 Å². The van der Waals surface area contributed by atoms with Gasteiger partial charge < -0.3 is 0 Å². The maximum absolute atomic E-state index is 4.48. The number of rotatable bonds is 1. The second kappa shape index (κ2) is 3.37. The van der Waals surface area contributed by atoms with E-state index in [4.69, 9.17) is 0 Å². The quantitative estimate of drug-likeness (QED) is 0.470. The predicted octanol–water partition coefficient (Wildman–Crippen LogP) is 2.43. The molecule has 0 atom stereocenters. The van der Waals surface area contributed by atoms with Crippen LogP contribution in [0.3, 0.4) is 0 Å². The molecule has 0 unspecified atom stereocenters. The van der Waals surface area contributed by atoms with Crippen molar-refractivity contribution in [1.82, 2.24) is 4.98 Å². The summed E-state index contributed by atoms with van der Waals surface area (Å²) in [7, 11) is 0. The smallest absolute Gasteiger partial charge is 0.0952 e. The van der Waals surface area contributed by atoms with Gasteiger partial charge in [-0.3, -0.25) is 4.98 Å². The molecular weight excluding hydrogens is 156 g/mol. The topological polar surface area (TPSA) is 25.2 Å². The summed E-state index contributed by atoms with van der Waals surface area (Å²) in [6.07, 6.45) is 0. The fourth-order valence-electron chi connectivity index (χ4n) is 0.847. The summed E-state index contributed by atoms with van der Waals surface area (Å²) in [5.74, 6) is 0. The van der Waals surface area contributed by atoms with Crippen LogP contribution in [-0.4, -0.2) is 10.1 Å². The maximum atomic E-state index is 4.48. The fraction of sp³-hybridized carbons (Fsp3) is 0.250. The monoisotopic (exact) mass is 164 g/mol. The highest BCUT2D eigenvalue weighted by molar-refractivity contribution is 7.78. The molecule has 0 radical (unpaired) electrons. The van der Waals surface area contributed by atoms with E-state index < -0.39 is 0 Å². The van der Waals surface area contributed by atoms with Crippen LogP contribution in [0, 0.1) is 13.8 Å². The summed E-state index contributed by atoms with van der Waals surface area (Å²) in [5, 5.41) is 2.31. The molecule has 0 spiro atoms. The molecule has 0 saturated carbocycles. The number of aliphatic imine (C=N–C) groups is 1. The highest BCUT2D eigenvalue weighted by atomic mass is 32.1. The van der Waals surface area contributed by atoms with Gasteiger partial charge in [-0.25, -0.2) is 0 Å². The molecule has 0 aliphatic rings. The van der Waals surface area contributed by atoms with E-state index in [2.05, 4.69) is 27.4 Å². The SMILES string of the molecule is Cc1ccc(N=C=S)c(C)n1. The molecule has 1 heterocycles. The summed E-state index contributed by atoms with van der Waals surface area (Å²) in [6.45, 7) is 3.84. The third kappa shape index (κ3) is 1.93. The standard InChI is InChI=1S/C8H8N2S/c1-6-3-4-8(9-5-11)7(2)10-6/h3-4H,1-2H3. The van der Waals surface area contributed by atoms with Gasteiger partial charge in [-0.15, -0.1) is 0 Å². The van der Waals surface area contributed by atoms with E-state index in [1.54, 1.807) is 0 Å². The molecule has 0 aromatic carbocycles. The number of aryl methyl sites for hydroxylation is 2. The summed E-state index contributed by atoms with van der Waals surface area (Å²) < 4.78 is 0. The highest BCUT2D eigenvalue weighted by Crippen LogP contribution is 2.14. The Labute approximate surface area is 71.0 Å². The van der Waals surface area contributed by atoms with E-state index in [1.165, 1.54) is 0 Å². The Balaban J connectivity index is 3.19. The minimum Gasteiger partial charge on any atom is -0.256 e. The number of aromatic nitrogens is 1. The summed E-state index contributed by atoms with van der Waals surface area (Å²) in [5.41, 5.74) is 2.68. The molecule has 0 N–H and O–H groups in total. The van der Waals surface area contributed by atoms with Crippen LogP contribution in [0.5, 0.6) is 0 Å². The van der Waals surface area contributed by atoms with Crippen molar-refractivity contribution in [3.05, 3.63) is 23.5 Å². The van der Waals surface area contributed by atoms with Crippen molar-refractivity contribution in [1.29, 1.82) is 0 Å². The molecule has 1 aromatic heterocycles. The Morgan fingerprint density at radius 3 is 2.73 bits per heavy atom. The zero-order chi connectivity index (χ0) is 8.27. The normalized spacial score (nSPS) is 8.91. The molecule has 2 nitrogen and oxygen atoms in total. The Hall–Kier alpha value is -1.05. The highest BCUT2D eigenvalue weighted by Gasteiger charge is 1.95. The zero-order valence-electron chi connectivity index (χ0n) is 6.46. The molecule has 1 rings (SSSR count). The molecule has 0 bridgehead atoms. The van der Waals surface area contributed by atoms with Crippen LogP contribution in [0.1, 0.15) is 11.4 Å². The van der Waals surface area contributed by atoms with Gasteiger partial charge in [-0.05, 0) is 38.2 Å². The lowest BCUT2D eigenvalue weighted by atomic mass is 10.3. The summed E-state index contributed by atoms with van der Waals surface area (Å²) in [6, 6.07) is 3.79. The van der Waals surface area contributed by atoms with Crippen LogP contribution in [0.25, 0.3) is 0 Å². The van der Waals surface area contributed by atoms with E-state index in [0.29, 0.717) is 0 Å². The van der Waals surface area contributed by atoms with Gasteiger partial charge in [0, 0.05) is 5.69 Å². The maximum Gasteiger partial charge on any atom is 0.0952 e. The van der Waals surface area contributed by atoms with Gasteiger partial charge >= 0.3 is 0 Å². The van der Waals surface area contributed by atoms with Crippen molar-refractivity contribution in [2.45, 2.75) is 13.8 Å². The molecular formula is C8H8N2S. The summed E-state index contributed by atoms with van der Waals surface area (Å²) in [4.78, 5) is 8.06. The minimum absolute atomic E-state index is 0.797. The number of hydrogen-bond donors (Lipinski definition) is 0. The van der Waals surface area contributed by atoms with Crippen LogP contribution in [0.15, 0.2) is 17.1 Å². The van der Waals surface area contributed by atoms with Crippen molar-refractivity contribution < 1.29 is 0 Å². The van der Waals surface area contributed by atoms with Gasteiger partial charge in [0.1, 0.15) is 0 Å². The van der Waals surface area contributed by atoms with Gasteiger partial charge in [-0.2, -0.15) is 4.99 Å². The second-order valence-electron chi connectivity index (χ2n) is 2.26. The molecule has 0 aliphatic heterocycles. The number of pyridine rings is 1. The lowest BCUT2D eigenvalue weighted by Gasteiger charge is -1.97. The third-order valence-corrected chi connectivity index (χ3v) is 1.45. The first kappa shape index (κ1) is 8.05. The Bertz CT molecular complexity index is 314. The predicted molar refractivity (Wildman–Crippen MR) is 48.4 cm³/mol. The molecule has 11 heavy (non-hydrogen) atoms. The first-order chi connectivity index (χ1) is 5.24. The Morgan fingerprint density at radius 2 is 2.18 bits per heavy atom. The lowest BCUT2D eigenvalue weighted by Crippen LogP contribution is -1.84. The van der Waals surface area contributed by atoms with E-state index in [0.717, 1.165) is 17.1 Å². The van der Waals surface area contributed by atoms with Crippen molar-refractivity contribution in [3.8, 4) is 0 Å². The van der Waals surface area contributed by atoms with Crippen LogP contribution < -0.4 is 0 Å². The molecule has 56 valence electrons. The average Bonchev–Trinajstić information content (AvgIpc) is 1.95. The van der Waals surface area contributed by atoms with Crippen LogP contribution >= 0.6 is 12.2 Å². The first-order valence-corrected chi connectivity index (χ1v) is 3.67. The Morgan fingerprint density at radius 1 is 1.45 bits per heavy atom.